The lowest BCUT2D eigenvalue weighted by Crippen LogP contribution is -2.10. The van der Waals surface area contributed by atoms with Crippen LogP contribution in [0.3, 0.4) is 0 Å². The van der Waals surface area contributed by atoms with Gasteiger partial charge in [-0.25, -0.2) is 14.8 Å². The van der Waals surface area contributed by atoms with Gasteiger partial charge >= 0.3 is 5.97 Å². The Balaban J connectivity index is 2.24. The largest absolute Gasteiger partial charge is 0.462 e. The number of carbonyl (C=O) groups is 1. The van der Waals surface area contributed by atoms with Crippen LogP contribution in [0.25, 0.3) is 22.2 Å². The van der Waals surface area contributed by atoms with Crippen molar-refractivity contribution in [2.45, 2.75) is 19.0 Å². The van der Waals surface area contributed by atoms with Gasteiger partial charge in [-0.05, 0) is 26.2 Å². The zero-order valence-electron chi connectivity index (χ0n) is 14.4. The molecule has 0 saturated carbocycles. The molecule has 0 spiro atoms. The van der Waals surface area contributed by atoms with Crippen molar-refractivity contribution in [3.8, 4) is 11.3 Å². The summed E-state index contributed by atoms with van der Waals surface area (Å²) >= 11 is 1.42. The summed E-state index contributed by atoms with van der Waals surface area (Å²) < 4.78 is 6.87. The molecule has 0 bridgehead atoms. The smallest absolute Gasteiger partial charge is 0.341 e. The number of esters is 1. The highest BCUT2D eigenvalue weighted by molar-refractivity contribution is 7.98. The van der Waals surface area contributed by atoms with Crippen LogP contribution >= 0.6 is 11.8 Å². The first-order valence-corrected chi connectivity index (χ1v) is 9.24. The Morgan fingerprint density at radius 2 is 2.04 bits per heavy atom. The highest BCUT2D eigenvalue weighted by Gasteiger charge is 2.21. The van der Waals surface area contributed by atoms with E-state index >= 15 is 0 Å². The number of thioether (sulfide) groups is 1. The van der Waals surface area contributed by atoms with E-state index in [1.807, 2.05) is 43.6 Å². The molecule has 3 aromatic rings. The molecular formula is C18H19N3O3S. The third-order valence-electron chi connectivity index (χ3n) is 3.65. The van der Waals surface area contributed by atoms with E-state index in [2.05, 4.69) is 9.97 Å². The molecular weight excluding hydrogens is 338 g/mol. The van der Waals surface area contributed by atoms with Crippen LogP contribution in [0, 0.1) is 0 Å². The lowest BCUT2D eigenvalue weighted by Gasteiger charge is -2.08. The minimum absolute atomic E-state index is 0.295. The second kappa shape index (κ2) is 7.57. The molecule has 0 N–H and O–H groups in total. The van der Waals surface area contributed by atoms with E-state index in [9.17, 15) is 4.79 Å². The monoisotopic (exact) mass is 357 g/mol. The summed E-state index contributed by atoms with van der Waals surface area (Å²) in [5.41, 5.74) is 2.62. The van der Waals surface area contributed by atoms with Gasteiger partial charge in [0.1, 0.15) is 12.2 Å². The van der Waals surface area contributed by atoms with E-state index in [1.54, 1.807) is 11.7 Å². The number of carbonyl (C=O) groups excluding carboxylic acids is 1. The zero-order valence-corrected chi connectivity index (χ0v) is 15.2. The van der Waals surface area contributed by atoms with Gasteiger partial charge in [0.05, 0.1) is 24.0 Å². The Morgan fingerprint density at radius 3 is 2.76 bits per heavy atom. The van der Waals surface area contributed by atoms with Crippen molar-refractivity contribution >= 4 is 28.6 Å². The second-order valence-corrected chi connectivity index (χ2v) is 5.92. The molecule has 6 nitrogen and oxygen atoms in total. The maximum atomic E-state index is 12.4. The van der Waals surface area contributed by atoms with E-state index in [-0.39, 0.29) is 0 Å². The minimum Gasteiger partial charge on any atom is -0.462 e. The molecule has 3 rings (SSSR count). The Morgan fingerprint density at radius 1 is 1.24 bits per heavy atom. The van der Waals surface area contributed by atoms with E-state index < -0.39 is 5.97 Å². The van der Waals surface area contributed by atoms with Crippen LogP contribution in [-0.2, 0) is 4.74 Å². The summed E-state index contributed by atoms with van der Waals surface area (Å²) in [5.74, 6) is -0.432. The molecule has 0 aliphatic rings. The number of ether oxygens (including phenoxy) is 1. The van der Waals surface area contributed by atoms with E-state index in [0.29, 0.717) is 29.6 Å². The highest BCUT2D eigenvalue weighted by atomic mass is 32.2. The van der Waals surface area contributed by atoms with Crippen molar-refractivity contribution < 1.29 is 14.4 Å². The number of aromatic nitrogens is 3. The molecule has 0 fully saturated rings. The fourth-order valence-electron chi connectivity index (χ4n) is 2.61. The second-order valence-electron chi connectivity index (χ2n) is 5.14. The van der Waals surface area contributed by atoms with Crippen molar-refractivity contribution in [1.82, 2.24) is 14.7 Å². The molecule has 2 aromatic heterocycles. The van der Waals surface area contributed by atoms with Crippen molar-refractivity contribution in [3.05, 3.63) is 42.2 Å². The Kier molecular flexibility index (Phi) is 5.23. The van der Waals surface area contributed by atoms with Gasteiger partial charge < -0.3 is 9.57 Å². The lowest BCUT2D eigenvalue weighted by atomic mass is 10.1. The Bertz CT molecular complexity index is 908. The van der Waals surface area contributed by atoms with E-state index in [4.69, 9.17) is 9.57 Å². The third-order valence-corrected chi connectivity index (χ3v) is 4.21. The number of rotatable bonds is 6. The lowest BCUT2D eigenvalue weighted by molar-refractivity contribution is 0.0526. The van der Waals surface area contributed by atoms with Gasteiger partial charge in [-0.15, -0.1) is 0 Å². The maximum absolute atomic E-state index is 12.4. The standard InChI is InChI=1S/C18H19N3O3S/c1-4-23-17(22)13-10-19-18(25-3)20-16(13)14-11-21(24-5-2)15-9-7-6-8-12(14)15/h6-11H,4-5H2,1-3H3. The van der Waals surface area contributed by atoms with Crippen LogP contribution in [0.5, 0.6) is 0 Å². The number of para-hydroxylation sites is 1. The summed E-state index contributed by atoms with van der Waals surface area (Å²) in [6.07, 6.45) is 5.27. The predicted octanol–water partition coefficient (Wildman–Crippen LogP) is 3.45. The molecule has 2 heterocycles. The maximum Gasteiger partial charge on any atom is 0.341 e. The molecule has 7 heteroatoms. The SMILES string of the molecule is CCOC(=O)c1cnc(SC)nc1-c1cn(OCC)c2ccccc12. The number of nitrogens with zero attached hydrogens (tertiary/aromatic N) is 3. The normalized spacial score (nSPS) is 10.8. The topological polar surface area (TPSA) is 66.2 Å². The Hall–Kier alpha value is -2.54. The van der Waals surface area contributed by atoms with Gasteiger partial charge in [-0.2, -0.15) is 4.73 Å². The molecule has 0 atom stereocenters. The molecule has 1 aromatic carbocycles. The summed E-state index contributed by atoms with van der Waals surface area (Å²) in [6.45, 7) is 4.52. The van der Waals surface area contributed by atoms with Crippen molar-refractivity contribution in [1.29, 1.82) is 0 Å². The molecule has 0 aliphatic heterocycles. The average molecular weight is 357 g/mol. The van der Waals surface area contributed by atoms with Crippen molar-refractivity contribution in [2.75, 3.05) is 19.5 Å². The zero-order chi connectivity index (χ0) is 17.8. The molecule has 25 heavy (non-hydrogen) atoms. The molecule has 0 amide bonds. The number of fused-ring (bicyclic) bond motifs is 1. The highest BCUT2D eigenvalue weighted by Crippen LogP contribution is 2.32. The summed E-state index contributed by atoms with van der Waals surface area (Å²) in [4.78, 5) is 26.8. The molecule has 0 saturated heterocycles. The summed E-state index contributed by atoms with van der Waals surface area (Å²) in [5, 5.41) is 1.54. The fourth-order valence-corrected chi connectivity index (χ4v) is 2.95. The van der Waals surface area contributed by atoms with Gasteiger partial charge in [-0.3, -0.25) is 0 Å². The molecule has 0 radical (unpaired) electrons. The minimum atomic E-state index is -0.432. The quantitative estimate of drug-likeness (QED) is 0.382. The van der Waals surface area contributed by atoms with Crippen LogP contribution in [0.4, 0.5) is 0 Å². The fraction of sp³-hybridized carbons (Fsp3) is 0.278. The first-order chi connectivity index (χ1) is 12.2. The van der Waals surface area contributed by atoms with Crippen LogP contribution in [0.15, 0.2) is 41.8 Å². The van der Waals surface area contributed by atoms with Crippen molar-refractivity contribution in [2.24, 2.45) is 0 Å². The predicted molar refractivity (Wildman–Crippen MR) is 97.8 cm³/mol. The molecule has 0 unspecified atom stereocenters. The van der Waals surface area contributed by atoms with Gasteiger partial charge in [0, 0.05) is 17.1 Å². The van der Waals surface area contributed by atoms with Gasteiger partial charge in [0.25, 0.3) is 0 Å². The summed E-state index contributed by atoms with van der Waals surface area (Å²) in [7, 11) is 0. The Labute approximate surface area is 150 Å². The average Bonchev–Trinajstić information content (AvgIpc) is 3.00. The van der Waals surface area contributed by atoms with Gasteiger partial charge in [0.2, 0.25) is 0 Å². The van der Waals surface area contributed by atoms with E-state index in [1.165, 1.54) is 18.0 Å². The van der Waals surface area contributed by atoms with Gasteiger partial charge in [0.15, 0.2) is 5.16 Å². The molecule has 0 aliphatic carbocycles. The van der Waals surface area contributed by atoms with Gasteiger partial charge in [-0.1, -0.05) is 30.0 Å². The number of benzene rings is 1. The number of hydrogen-bond donors (Lipinski definition) is 0. The summed E-state index contributed by atoms with van der Waals surface area (Å²) in [6, 6.07) is 7.84. The first-order valence-electron chi connectivity index (χ1n) is 8.01. The number of hydrogen-bond acceptors (Lipinski definition) is 6. The molecule has 130 valence electrons. The van der Waals surface area contributed by atoms with Crippen molar-refractivity contribution in [3.63, 3.8) is 0 Å². The van der Waals surface area contributed by atoms with Crippen LogP contribution < -0.4 is 4.84 Å². The first kappa shape index (κ1) is 17.3. The van der Waals surface area contributed by atoms with Crippen LogP contribution in [0.2, 0.25) is 0 Å². The van der Waals surface area contributed by atoms with Crippen LogP contribution in [0.1, 0.15) is 24.2 Å². The van der Waals surface area contributed by atoms with E-state index in [0.717, 1.165) is 16.5 Å². The van der Waals surface area contributed by atoms with Crippen LogP contribution in [-0.4, -0.2) is 40.1 Å². The third kappa shape index (κ3) is 3.32.